The molecule has 0 saturated heterocycles. The van der Waals surface area contributed by atoms with Gasteiger partial charge in [0, 0.05) is 0 Å². The fourth-order valence-corrected chi connectivity index (χ4v) is 18.9. The zero-order valence-electron chi connectivity index (χ0n) is 17.8. The zero-order valence-corrected chi connectivity index (χ0v) is 20.6. The van der Waals surface area contributed by atoms with Crippen LogP contribution in [-0.2, 0) is 18.3 Å². The van der Waals surface area contributed by atoms with Crippen LogP contribution in [-0.4, -0.2) is 12.6 Å². The van der Waals surface area contributed by atoms with E-state index in [1.54, 1.807) is 0 Å². The first-order chi connectivity index (χ1) is 12.5. The molecule has 1 atom stereocenters. The number of carbonyl (C=O) groups is 1. The van der Waals surface area contributed by atoms with Crippen molar-refractivity contribution in [3.05, 3.63) is 54.1 Å². The Hall–Kier alpha value is -0.899. The summed E-state index contributed by atoms with van der Waals surface area (Å²) < 4.78 is 3.84. The van der Waals surface area contributed by atoms with E-state index in [1.165, 1.54) is 30.0 Å². The van der Waals surface area contributed by atoms with Crippen molar-refractivity contribution in [2.45, 2.75) is 66.0 Å². The number of allylic oxidation sites excluding steroid dienone is 3. The minimum atomic E-state index is -3.71. The number of nitrogens with one attached hydrogen (secondary N) is 1. The molecule has 1 unspecified atom stereocenters. The molecule has 0 aromatic heterocycles. The van der Waals surface area contributed by atoms with E-state index in [4.69, 9.17) is 0 Å². The van der Waals surface area contributed by atoms with Gasteiger partial charge in [0.15, 0.2) is 0 Å². The van der Waals surface area contributed by atoms with Gasteiger partial charge in [0.05, 0.1) is 0 Å². The first kappa shape index (κ1) is 20.8. The third kappa shape index (κ3) is 4.11. The molecule has 0 heterocycles. The van der Waals surface area contributed by atoms with Crippen LogP contribution in [0.1, 0.15) is 38.5 Å². The van der Waals surface area contributed by atoms with E-state index in [-0.39, 0.29) is 5.41 Å². The normalized spacial score (nSPS) is 23.1. The van der Waals surface area contributed by atoms with Crippen LogP contribution in [0.2, 0.25) is 27.5 Å². The number of amides is 1. The van der Waals surface area contributed by atoms with Crippen molar-refractivity contribution in [2.24, 2.45) is 5.41 Å². The Morgan fingerprint density at radius 3 is 2.22 bits per heavy atom. The van der Waals surface area contributed by atoms with Crippen LogP contribution in [0, 0.1) is 5.41 Å². The second kappa shape index (κ2) is 6.57. The van der Waals surface area contributed by atoms with Crippen molar-refractivity contribution in [3.63, 3.8) is 0 Å². The first-order valence-electron chi connectivity index (χ1n) is 10.7. The Morgan fingerprint density at radius 2 is 1.67 bits per heavy atom. The molecule has 1 aromatic rings. The summed E-state index contributed by atoms with van der Waals surface area (Å²) in [6, 6.07) is 10.9. The molecule has 4 heteroatoms. The summed E-state index contributed by atoms with van der Waals surface area (Å²) in [5, 5.41) is 11.2. The van der Waals surface area contributed by atoms with E-state index in [1.807, 2.05) is 0 Å². The molecule has 0 aliphatic heterocycles. The average Bonchev–Trinajstić information content (AvgIpc) is 3.16. The van der Waals surface area contributed by atoms with E-state index in [9.17, 15) is 4.79 Å². The van der Waals surface area contributed by atoms with Crippen LogP contribution < -0.4 is 8.99 Å². The molecule has 2 aliphatic carbocycles. The molecule has 0 radical (unpaired) electrons. The van der Waals surface area contributed by atoms with Crippen LogP contribution >= 0.6 is 0 Å². The molecule has 1 saturated carbocycles. The van der Waals surface area contributed by atoms with Gasteiger partial charge in [-0.05, 0) is 0 Å². The maximum atomic E-state index is 14.0. The molecule has 1 amide bonds. The number of hydrogen-bond acceptors (Lipinski definition) is 1. The van der Waals surface area contributed by atoms with E-state index in [0.717, 1.165) is 19.3 Å². The number of benzene rings is 1. The molecule has 1 fully saturated rings. The van der Waals surface area contributed by atoms with Gasteiger partial charge in [0.1, 0.15) is 0 Å². The quantitative estimate of drug-likeness (QED) is 0.625. The number of hydrogen-bond donors (Lipinski definition) is 1. The standard InChI is InChI=1S/C12H17NO.C7H9Si.4CH3.Ti/c13-11(14)12(8-4-1-5-9-12)10-6-2-3-7-10;1-8-7-5-3-2-4-6-7;;;;;/h2-3,6H,1,4-5,7-9H2,(H2,13,14);2-6,8H,1H3;4*1H3;/q;;;;;;+1/p-1. The van der Waals surface area contributed by atoms with Crippen molar-refractivity contribution in [1.29, 1.82) is 0 Å². The molecule has 2 nitrogen and oxygen atoms in total. The van der Waals surface area contributed by atoms with Crippen molar-refractivity contribution < 1.29 is 18.3 Å². The molecular weight excluding hydrogens is 382 g/mol. The SMILES string of the molecule is C[SiH](c1ccccc1)[Ti]([CH3])([CH3])([CH3])([CH3])[NH]C(=O)C1(C2=CC=CC2)CCCCC1. The Morgan fingerprint density at radius 1 is 1.04 bits per heavy atom. The molecule has 1 aromatic carbocycles. The van der Waals surface area contributed by atoms with Gasteiger partial charge in [-0.25, -0.2) is 0 Å². The fourth-order valence-electron chi connectivity index (χ4n) is 4.89. The maximum absolute atomic E-state index is 14.0. The van der Waals surface area contributed by atoms with Crippen molar-refractivity contribution >= 4 is 17.8 Å². The topological polar surface area (TPSA) is 29.1 Å². The number of rotatable bonds is 5. The molecule has 27 heavy (non-hydrogen) atoms. The fraction of sp³-hybridized carbons (Fsp3) is 0.522. The molecule has 148 valence electrons. The van der Waals surface area contributed by atoms with Crippen LogP contribution in [0.5, 0.6) is 0 Å². The Balaban J connectivity index is 1.96. The summed E-state index contributed by atoms with van der Waals surface area (Å²) >= 11 is -3.71. The van der Waals surface area contributed by atoms with Crippen LogP contribution in [0.4, 0.5) is 0 Å². The number of carbonyl (C=O) groups excluding carboxylic acids is 1. The second-order valence-electron chi connectivity index (χ2n) is 11.9. The third-order valence-corrected chi connectivity index (χ3v) is 35.3. The third-order valence-electron chi connectivity index (χ3n) is 7.46. The average molecular weight is 420 g/mol. The molecular formula is C23H37NOSiTi. The van der Waals surface area contributed by atoms with E-state index >= 15 is 0 Å². The van der Waals surface area contributed by atoms with E-state index in [2.05, 4.69) is 79.8 Å². The van der Waals surface area contributed by atoms with E-state index < -0.39 is 20.2 Å². The molecule has 3 rings (SSSR count). The predicted octanol–water partition coefficient (Wildman–Crippen LogP) is 5.53. The van der Waals surface area contributed by atoms with Gasteiger partial charge in [0.2, 0.25) is 0 Å². The Labute approximate surface area is 165 Å². The summed E-state index contributed by atoms with van der Waals surface area (Å²) in [5.41, 5.74) is 1.07. The summed E-state index contributed by atoms with van der Waals surface area (Å²) in [6.07, 6.45) is 13.1. The van der Waals surface area contributed by atoms with Crippen molar-refractivity contribution in [3.8, 4) is 0 Å². The zero-order chi connectivity index (χ0) is 19.8. The van der Waals surface area contributed by atoms with Gasteiger partial charge in [-0.3, -0.25) is 0 Å². The predicted molar refractivity (Wildman–Crippen MR) is 118 cm³/mol. The molecule has 1 N–H and O–H groups in total. The minimum absolute atomic E-state index is 0.277. The summed E-state index contributed by atoms with van der Waals surface area (Å²) in [7, 11) is 0. The Kier molecular flexibility index (Phi) is 5.07. The summed E-state index contributed by atoms with van der Waals surface area (Å²) in [6.45, 7) is 1.10. The molecule has 0 spiro atoms. The van der Waals surface area contributed by atoms with Gasteiger partial charge in [0.25, 0.3) is 0 Å². The second-order valence-corrected chi connectivity index (χ2v) is 45.7. The summed E-state index contributed by atoms with van der Waals surface area (Å²) in [5.74, 6) is 0.326. The van der Waals surface area contributed by atoms with Crippen LogP contribution in [0.25, 0.3) is 0 Å². The van der Waals surface area contributed by atoms with Gasteiger partial charge >= 0.3 is 165 Å². The van der Waals surface area contributed by atoms with Gasteiger partial charge < -0.3 is 0 Å². The molecule has 2 aliphatic rings. The summed E-state index contributed by atoms with van der Waals surface area (Å²) in [4.78, 5) is 14.0. The molecule has 0 bridgehead atoms. The van der Waals surface area contributed by atoms with Crippen LogP contribution in [0.3, 0.4) is 0 Å². The van der Waals surface area contributed by atoms with Gasteiger partial charge in [-0.1, -0.05) is 0 Å². The van der Waals surface area contributed by atoms with Crippen molar-refractivity contribution in [2.75, 3.05) is 0 Å². The first-order valence-corrected chi connectivity index (χ1v) is 22.7. The van der Waals surface area contributed by atoms with Gasteiger partial charge in [-0.15, -0.1) is 0 Å². The van der Waals surface area contributed by atoms with Crippen LogP contribution in [0.15, 0.2) is 54.1 Å². The van der Waals surface area contributed by atoms with Gasteiger partial charge in [-0.2, -0.15) is 0 Å². The van der Waals surface area contributed by atoms with E-state index in [0.29, 0.717) is 5.91 Å². The monoisotopic (exact) mass is 419 g/mol. The van der Waals surface area contributed by atoms with Crippen molar-refractivity contribution in [1.82, 2.24) is 3.80 Å². The Bertz CT molecular complexity index is 781.